The quantitative estimate of drug-likeness (QED) is 0.214. The minimum Gasteiger partial charge on any atom is -0.340 e. The molecular weight excluding hydrogens is 472 g/mol. The van der Waals surface area contributed by atoms with E-state index in [1.165, 1.54) is 18.4 Å². The maximum atomic E-state index is 13.4. The smallest absolute Gasteiger partial charge is 0.259 e. The molecule has 1 aliphatic rings. The zero-order chi connectivity index (χ0) is 26.5. The average Bonchev–Trinajstić information content (AvgIpc) is 3.58. The molecular formula is C31H36N6O. The lowest BCUT2D eigenvalue weighted by Gasteiger charge is -2.22. The molecule has 1 aliphatic heterocycles. The van der Waals surface area contributed by atoms with Crippen LogP contribution in [0.25, 0.3) is 17.0 Å². The van der Waals surface area contributed by atoms with Crippen molar-refractivity contribution in [3.05, 3.63) is 83.7 Å². The minimum absolute atomic E-state index is 0.00617. The first kappa shape index (κ1) is 25.7. The van der Waals surface area contributed by atoms with Crippen LogP contribution in [0.2, 0.25) is 0 Å². The second-order valence-electron chi connectivity index (χ2n) is 11.0. The van der Waals surface area contributed by atoms with Crippen molar-refractivity contribution in [3.8, 4) is 0 Å². The van der Waals surface area contributed by atoms with Gasteiger partial charge in [-0.05, 0) is 97.3 Å². The molecule has 4 aromatic rings. The van der Waals surface area contributed by atoms with Crippen LogP contribution >= 0.6 is 0 Å². The molecule has 7 heteroatoms. The van der Waals surface area contributed by atoms with Crippen LogP contribution in [-0.4, -0.2) is 34.2 Å². The highest BCUT2D eigenvalue weighted by Gasteiger charge is 2.19. The van der Waals surface area contributed by atoms with Crippen LogP contribution in [0, 0.1) is 5.92 Å². The number of carbonyl (C=O) groups excluding carboxylic acids is 1. The summed E-state index contributed by atoms with van der Waals surface area (Å²) < 4.78 is 0. The summed E-state index contributed by atoms with van der Waals surface area (Å²) in [6, 6.07) is 15.6. The fourth-order valence-corrected chi connectivity index (χ4v) is 5.00. The van der Waals surface area contributed by atoms with Gasteiger partial charge in [0.15, 0.2) is 0 Å². The second kappa shape index (κ2) is 11.2. The SMILES string of the molecule is CC(C)(C)c1ccc(NC(=O)c2cccnc2Nc2ccc3cn[nH]c3c2)cc1/C=C/CCC1CCNC1. The largest absolute Gasteiger partial charge is 0.340 e. The van der Waals surface area contributed by atoms with Gasteiger partial charge in [-0.25, -0.2) is 4.98 Å². The van der Waals surface area contributed by atoms with Crippen molar-refractivity contribution in [2.75, 3.05) is 23.7 Å². The predicted octanol–water partition coefficient (Wildman–Crippen LogP) is 6.65. The van der Waals surface area contributed by atoms with Gasteiger partial charge in [0.05, 0.1) is 17.3 Å². The first-order chi connectivity index (χ1) is 18.4. The van der Waals surface area contributed by atoms with Gasteiger partial charge >= 0.3 is 0 Å². The van der Waals surface area contributed by atoms with E-state index in [1.807, 2.05) is 24.3 Å². The Hall–Kier alpha value is -3.97. The Bertz CT molecular complexity index is 1440. The molecule has 0 aliphatic carbocycles. The third-order valence-corrected chi connectivity index (χ3v) is 7.08. The fourth-order valence-electron chi connectivity index (χ4n) is 5.00. The molecule has 0 saturated carbocycles. The third kappa shape index (κ3) is 6.11. The monoisotopic (exact) mass is 508 g/mol. The zero-order valence-electron chi connectivity index (χ0n) is 22.3. The summed E-state index contributed by atoms with van der Waals surface area (Å²) in [6.07, 6.45) is 11.5. The van der Waals surface area contributed by atoms with Crippen molar-refractivity contribution in [1.82, 2.24) is 20.5 Å². The summed E-state index contributed by atoms with van der Waals surface area (Å²) in [7, 11) is 0. The Balaban J connectivity index is 1.33. The zero-order valence-corrected chi connectivity index (χ0v) is 22.3. The number of fused-ring (bicyclic) bond motifs is 1. The second-order valence-corrected chi connectivity index (χ2v) is 11.0. The van der Waals surface area contributed by atoms with E-state index in [0.717, 1.165) is 53.3 Å². The Morgan fingerprint density at radius 3 is 2.82 bits per heavy atom. The third-order valence-electron chi connectivity index (χ3n) is 7.08. The summed E-state index contributed by atoms with van der Waals surface area (Å²) in [6.45, 7) is 8.92. The van der Waals surface area contributed by atoms with Crippen molar-refractivity contribution in [3.63, 3.8) is 0 Å². The lowest BCUT2D eigenvalue weighted by atomic mass is 9.83. The van der Waals surface area contributed by atoms with Crippen LogP contribution < -0.4 is 16.0 Å². The summed E-state index contributed by atoms with van der Waals surface area (Å²) in [5.74, 6) is 1.06. The van der Waals surface area contributed by atoms with Gasteiger partial charge in [-0.3, -0.25) is 9.89 Å². The number of H-pyrrole nitrogens is 1. The van der Waals surface area contributed by atoms with Crippen molar-refractivity contribution >= 4 is 40.1 Å². The molecule has 1 amide bonds. The lowest BCUT2D eigenvalue weighted by Crippen LogP contribution is -2.16. The number of rotatable bonds is 8. The van der Waals surface area contributed by atoms with Crippen LogP contribution in [0.4, 0.5) is 17.2 Å². The number of amides is 1. The molecule has 0 radical (unpaired) electrons. The van der Waals surface area contributed by atoms with E-state index in [1.54, 1.807) is 24.5 Å². The normalized spacial score (nSPS) is 15.8. The van der Waals surface area contributed by atoms with Crippen LogP contribution in [0.3, 0.4) is 0 Å². The topological polar surface area (TPSA) is 94.7 Å². The molecule has 0 spiro atoms. The molecule has 38 heavy (non-hydrogen) atoms. The number of aromatic amines is 1. The van der Waals surface area contributed by atoms with Gasteiger partial charge in [-0.2, -0.15) is 5.10 Å². The number of anilines is 3. The van der Waals surface area contributed by atoms with Crippen molar-refractivity contribution in [1.29, 1.82) is 0 Å². The van der Waals surface area contributed by atoms with Crippen molar-refractivity contribution in [2.45, 2.75) is 45.4 Å². The lowest BCUT2D eigenvalue weighted by molar-refractivity contribution is 0.102. The molecule has 0 bridgehead atoms. The van der Waals surface area contributed by atoms with Crippen molar-refractivity contribution in [2.24, 2.45) is 5.92 Å². The summed E-state index contributed by atoms with van der Waals surface area (Å²) in [5.41, 5.74) is 5.36. The highest BCUT2D eigenvalue weighted by atomic mass is 16.1. The molecule has 1 unspecified atom stereocenters. The predicted molar refractivity (Wildman–Crippen MR) is 156 cm³/mol. The number of hydrogen-bond donors (Lipinski definition) is 4. The van der Waals surface area contributed by atoms with E-state index < -0.39 is 0 Å². The van der Waals surface area contributed by atoms with Gasteiger partial charge in [-0.1, -0.05) is 39.0 Å². The fraction of sp³-hybridized carbons (Fsp3) is 0.323. The molecule has 5 rings (SSSR count). The van der Waals surface area contributed by atoms with E-state index in [9.17, 15) is 4.79 Å². The average molecular weight is 509 g/mol. The van der Waals surface area contributed by atoms with E-state index in [2.05, 4.69) is 76.2 Å². The Morgan fingerprint density at radius 2 is 2.00 bits per heavy atom. The van der Waals surface area contributed by atoms with Crippen LogP contribution in [0.1, 0.15) is 61.5 Å². The molecule has 2 aromatic carbocycles. The Labute approximate surface area is 224 Å². The number of nitrogens with one attached hydrogen (secondary N) is 4. The minimum atomic E-state index is -0.213. The highest BCUT2D eigenvalue weighted by Crippen LogP contribution is 2.30. The molecule has 7 nitrogen and oxygen atoms in total. The molecule has 2 aromatic heterocycles. The first-order valence-electron chi connectivity index (χ1n) is 13.3. The molecule has 4 N–H and O–H groups in total. The van der Waals surface area contributed by atoms with E-state index >= 15 is 0 Å². The van der Waals surface area contributed by atoms with Gasteiger partial charge in [0, 0.05) is 23.0 Å². The van der Waals surface area contributed by atoms with Crippen LogP contribution in [0.15, 0.2) is 67.0 Å². The Morgan fingerprint density at radius 1 is 1.13 bits per heavy atom. The maximum Gasteiger partial charge on any atom is 0.259 e. The summed E-state index contributed by atoms with van der Waals surface area (Å²) in [5, 5.41) is 17.9. The van der Waals surface area contributed by atoms with E-state index in [4.69, 9.17) is 0 Å². The molecule has 1 fully saturated rings. The van der Waals surface area contributed by atoms with Gasteiger partial charge in [0.25, 0.3) is 5.91 Å². The number of aromatic nitrogens is 3. The maximum absolute atomic E-state index is 13.4. The number of nitrogens with zero attached hydrogens (tertiary/aromatic N) is 2. The number of pyridine rings is 1. The molecule has 196 valence electrons. The van der Waals surface area contributed by atoms with Gasteiger partial charge in [0.2, 0.25) is 0 Å². The van der Waals surface area contributed by atoms with Gasteiger partial charge in [0.1, 0.15) is 5.82 Å². The number of carbonyl (C=O) groups is 1. The molecule has 3 heterocycles. The first-order valence-corrected chi connectivity index (χ1v) is 13.3. The van der Waals surface area contributed by atoms with E-state index in [-0.39, 0.29) is 11.3 Å². The highest BCUT2D eigenvalue weighted by molar-refractivity contribution is 6.08. The number of allylic oxidation sites excluding steroid dienone is 1. The van der Waals surface area contributed by atoms with Crippen molar-refractivity contribution < 1.29 is 4.79 Å². The number of benzene rings is 2. The summed E-state index contributed by atoms with van der Waals surface area (Å²) >= 11 is 0. The molecule has 1 saturated heterocycles. The summed E-state index contributed by atoms with van der Waals surface area (Å²) in [4.78, 5) is 17.8. The van der Waals surface area contributed by atoms with Crippen LogP contribution in [0.5, 0.6) is 0 Å². The Kier molecular flexibility index (Phi) is 7.56. The number of hydrogen-bond acceptors (Lipinski definition) is 5. The van der Waals surface area contributed by atoms with Gasteiger partial charge < -0.3 is 16.0 Å². The van der Waals surface area contributed by atoms with E-state index in [0.29, 0.717) is 11.4 Å². The molecule has 1 atom stereocenters. The standard InChI is InChI=1S/C31H36N6O/c1-31(2,3)27-13-12-24(17-22(27)8-5-4-7-21-14-16-32-19-21)36-30(38)26-9-6-15-33-29(26)35-25-11-10-23-20-34-37-28(23)18-25/h5-6,8-13,15,17-18,20-21,32H,4,7,14,16,19H2,1-3H3,(H,33,35)(H,34,37)(H,36,38)/b8-5+. The van der Waals surface area contributed by atoms with Crippen LogP contribution in [-0.2, 0) is 5.41 Å². The van der Waals surface area contributed by atoms with Gasteiger partial charge in [-0.15, -0.1) is 0 Å².